The number of rotatable bonds is 7. The Balaban J connectivity index is 1.77. The highest BCUT2D eigenvalue weighted by atomic mass is 35.5. The molecule has 0 radical (unpaired) electrons. The molecule has 3 N–H and O–H groups in total. The molecule has 0 bridgehead atoms. The monoisotopic (exact) mass is 539 g/mol. The molecule has 11 heteroatoms. The van der Waals surface area contributed by atoms with Gasteiger partial charge in [0.25, 0.3) is 16.0 Å². The summed E-state index contributed by atoms with van der Waals surface area (Å²) in [5.74, 6) is -0.423. The summed E-state index contributed by atoms with van der Waals surface area (Å²) in [6.45, 7) is 3.76. The van der Waals surface area contributed by atoms with E-state index < -0.39 is 26.7 Å². The summed E-state index contributed by atoms with van der Waals surface area (Å²) < 4.78 is 38.4. The molecule has 4 rings (SSSR count). The van der Waals surface area contributed by atoms with Crippen LogP contribution < -0.4 is 10.1 Å². The van der Waals surface area contributed by atoms with Crippen LogP contribution >= 0.6 is 11.6 Å². The number of phenols is 1. The van der Waals surface area contributed by atoms with Gasteiger partial charge in [0.05, 0.1) is 17.9 Å². The fraction of sp³-hybridized carbons (Fsp3) is 0.115. The fourth-order valence-corrected chi connectivity index (χ4v) is 4.73. The molecular weight excluding hydrogens is 518 g/mol. The summed E-state index contributed by atoms with van der Waals surface area (Å²) >= 11 is 6.12. The number of fused-ring (bicyclic) bond motifs is 1. The second kappa shape index (κ2) is 10.6. The first kappa shape index (κ1) is 26.1. The molecule has 0 saturated heterocycles. The molecule has 4 aromatic rings. The van der Waals surface area contributed by atoms with Gasteiger partial charge in [-0.15, -0.1) is 5.11 Å². The number of hydrogen-bond acceptors (Lipinski definition) is 7. The Morgan fingerprint density at radius 2 is 1.81 bits per heavy atom. The Kier molecular flexibility index (Phi) is 7.44. The second-order valence-electron chi connectivity index (χ2n) is 7.98. The van der Waals surface area contributed by atoms with E-state index in [2.05, 4.69) is 15.5 Å². The van der Waals surface area contributed by atoms with Crippen LogP contribution in [0.25, 0.3) is 10.8 Å². The van der Waals surface area contributed by atoms with Crippen molar-refractivity contribution in [3.8, 4) is 11.5 Å². The molecule has 0 atom stereocenters. The topological polar surface area (TPSA) is 138 Å². The number of aromatic hydroxyl groups is 1. The van der Waals surface area contributed by atoms with Crippen LogP contribution in [0.5, 0.6) is 11.5 Å². The first-order valence-corrected chi connectivity index (χ1v) is 12.9. The number of hydrogen-bond donors (Lipinski definition) is 3. The Hall–Kier alpha value is -3.99. The maximum atomic E-state index is 13.1. The van der Waals surface area contributed by atoms with Gasteiger partial charge in [0.15, 0.2) is 5.75 Å². The number of azo groups is 1. The molecule has 0 aliphatic rings. The molecule has 190 valence electrons. The van der Waals surface area contributed by atoms with Gasteiger partial charge in [0, 0.05) is 22.2 Å². The van der Waals surface area contributed by atoms with Gasteiger partial charge < -0.3 is 15.2 Å². The zero-order valence-corrected chi connectivity index (χ0v) is 21.3. The third-order valence-corrected chi connectivity index (χ3v) is 6.84. The highest BCUT2D eigenvalue weighted by Gasteiger charge is 2.20. The van der Waals surface area contributed by atoms with E-state index in [4.69, 9.17) is 16.3 Å². The predicted octanol–water partition coefficient (Wildman–Crippen LogP) is 6.82. The molecule has 0 spiro atoms. The normalized spacial score (nSPS) is 11.7. The third-order valence-electron chi connectivity index (χ3n) is 5.47. The number of ether oxygens (including phenoxy) is 1. The van der Waals surface area contributed by atoms with Crippen LogP contribution in [0.1, 0.15) is 22.8 Å². The summed E-state index contributed by atoms with van der Waals surface area (Å²) in [6, 6.07) is 17.8. The van der Waals surface area contributed by atoms with Crippen LogP contribution in [0.15, 0.2) is 81.9 Å². The van der Waals surface area contributed by atoms with Gasteiger partial charge in [0.1, 0.15) is 16.3 Å². The minimum Gasteiger partial charge on any atom is -0.505 e. The van der Waals surface area contributed by atoms with E-state index in [0.29, 0.717) is 28.8 Å². The molecule has 37 heavy (non-hydrogen) atoms. The number of anilines is 1. The minimum atomic E-state index is -4.56. The van der Waals surface area contributed by atoms with Crippen molar-refractivity contribution < 1.29 is 27.6 Å². The summed E-state index contributed by atoms with van der Waals surface area (Å²) in [5, 5.41) is 23.1. The Morgan fingerprint density at radius 3 is 2.54 bits per heavy atom. The molecular formula is C26H22ClN3O6S. The highest BCUT2D eigenvalue weighted by Crippen LogP contribution is 2.40. The number of nitrogens with one attached hydrogen (secondary N) is 1. The average Bonchev–Trinajstić information content (AvgIpc) is 2.84. The van der Waals surface area contributed by atoms with Crippen molar-refractivity contribution in [3.63, 3.8) is 0 Å². The van der Waals surface area contributed by atoms with Gasteiger partial charge in [-0.2, -0.15) is 13.5 Å². The maximum absolute atomic E-state index is 13.1. The van der Waals surface area contributed by atoms with E-state index in [1.165, 1.54) is 19.1 Å². The first-order valence-electron chi connectivity index (χ1n) is 11.1. The van der Waals surface area contributed by atoms with Gasteiger partial charge in [0.2, 0.25) is 0 Å². The molecule has 0 saturated carbocycles. The summed E-state index contributed by atoms with van der Waals surface area (Å²) in [6.07, 6.45) is 0. The average molecular weight is 540 g/mol. The third kappa shape index (κ3) is 5.72. The summed E-state index contributed by atoms with van der Waals surface area (Å²) in [7, 11) is -4.56. The van der Waals surface area contributed by atoms with E-state index in [1.54, 1.807) is 48.5 Å². The van der Waals surface area contributed by atoms with Crippen LogP contribution in [0, 0.1) is 6.92 Å². The molecule has 0 fully saturated rings. The second-order valence-corrected chi connectivity index (χ2v) is 9.78. The number of phenolic OH excluding ortho intramolecular Hbond substituents is 1. The van der Waals surface area contributed by atoms with Crippen LogP contribution in [-0.2, 0) is 10.1 Å². The minimum absolute atomic E-state index is 0.00331. The van der Waals surface area contributed by atoms with Gasteiger partial charge >= 0.3 is 0 Å². The van der Waals surface area contributed by atoms with Gasteiger partial charge in [-0.05, 0) is 55.1 Å². The van der Waals surface area contributed by atoms with Crippen molar-refractivity contribution in [2.75, 3.05) is 11.9 Å². The lowest BCUT2D eigenvalue weighted by Crippen LogP contribution is -2.12. The standard InChI is InChI=1S/C26H22ClN3O6S/c1-3-36-19-9-6-8-17(12-19)28-26(32)21-11-16-7-4-5-10-20(16)24(25(21)31)30-29-18-13-22(27)15(2)23(14-18)37(33,34)35/h4-14,31H,3H2,1-2H3,(H,28,32)(H,33,34,35). The number of carbonyl (C=O) groups is 1. The Bertz CT molecular complexity index is 1650. The Labute approximate surface area is 218 Å². The van der Waals surface area contributed by atoms with Crippen molar-refractivity contribution >= 4 is 55.5 Å². The highest BCUT2D eigenvalue weighted by molar-refractivity contribution is 7.85. The number of nitrogens with zero attached hydrogens (tertiary/aromatic N) is 2. The summed E-state index contributed by atoms with van der Waals surface area (Å²) in [4.78, 5) is 12.7. The molecule has 0 aliphatic carbocycles. The molecule has 0 unspecified atom stereocenters. The SMILES string of the molecule is CCOc1cccc(NC(=O)c2cc3ccccc3c(N=Nc3cc(Cl)c(C)c(S(=O)(=O)O)c3)c2O)c1. The summed E-state index contributed by atoms with van der Waals surface area (Å²) in [5.41, 5.74) is 0.600. The largest absolute Gasteiger partial charge is 0.505 e. The van der Waals surface area contributed by atoms with Crippen molar-refractivity contribution in [1.82, 2.24) is 0 Å². The zero-order valence-electron chi connectivity index (χ0n) is 19.8. The van der Waals surface area contributed by atoms with Gasteiger partial charge in [-0.25, -0.2) is 0 Å². The lowest BCUT2D eigenvalue weighted by atomic mass is 10.0. The van der Waals surface area contributed by atoms with Crippen LogP contribution in [0.2, 0.25) is 5.02 Å². The zero-order chi connectivity index (χ0) is 26.7. The number of halogens is 1. The van der Waals surface area contributed by atoms with E-state index in [9.17, 15) is 22.9 Å². The van der Waals surface area contributed by atoms with Crippen molar-refractivity contribution in [2.45, 2.75) is 18.7 Å². The predicted molar refractivity (Wildman–Crippen MR) is 141 cm³/mol. The van der Waals surface area contributed by atoms with E-state index in [-0.39, 0.29) is 27.5 Å². The fourth-order valence-electron chi connectivity index (χ4n) is 3.69. The molecule has 1 amide bonds. The van der Waals surface area contributed by atoms with Crippen LogP contribution in [-0.4, -0.2) is 30.6 Å². The molecule has 4 aromatic carbocycles. The van der Waals surface area contributed by atoms with Crippen molar-refractivity contribution in [1.29, 1.82) is 0 Å². The molecule has 0 aromatic heterocycles. The van der Waals surface area contributed by atoms with E-state index in [0.717, 1.165) is 6.07 Å². The smallest absolute Gasteiger partial charge is 0.294 e. The van der Waals surface area contributed by atoms with Crippen molar-refractivity contribution in [3.05, 3.63) is 82.9 Å². The molecule has 0 aliphatic heterocycles. The Morgan fingerprint density at radius 1 is 1.05 bits per heavy atom. The van der Waals surface area contributed by atoms with Crippen molar-refractivity contribution in [2.24, 2.45) is 10.2 Å². The number of amides is 1. The lowest BCUT2D eigenvalue weighted by Gasteiger charge is -2.12. The first-order chi connectivity index (χ1) is 17.6. The molecule has 9 nitrogen and oxygen atoms in total. The van der Waals surface area contributed by atoms with E-state index in [1.807, 2.05) is 6.92 Å². The van der Waals surface area contributed by atoms with Gasteiger partial charge in [-0.1, -0.05) is 41.9 Å². The number of benzene rings is 4. The van der Waals surface area contributed by atoms with Crippen LogP contribution in [0.3, 0.4) is 0 Å². The maximum Gasteiger partial charge on any atom is 0.294 e. The van der Waals surface area contributed by atoms with Crippen LogP contribution in [0.4, 0.5) is 17.1 Å². The quantitative estimate of drug-likeness (QED) is 0.174. The van der Waals surface area contributed by atoms with E-state index >= 15 is 0 Å². The number of carbonyl (C=O) groups excluding carboxylic acids is 1. The molecule has 0 heterocycles. The lowest BCUT2D eigenvalue weighted by molar-refractivity contribution is 0.102. The van der Waals surface area contributed by atoms with Gasteiger partial charge in [-0.3, -0.25) is 9.35 Å².